The molecule has 4 heteroatoms. The fraction of sp³-hybridized carbons (Fsp3) is 0.300. The van der Waals surface area contributed by atoms with E-state index in [-0.39, 0.29) is 30.2 Å². The zero-order valence-electron chi connectivity index (χ0n) is 13.8. The van der Waals surface area contributed by atoms with E-state index in [2.05, 4.69) is 5.32 Å². The van der Waals surface area contributed by atoms with Crippen LogP contribution in [0.4, 0.5) is 0 Å². The zero-order chi connectivity index (χ0) is 16.9. The lowest BCUT2D eigenvalue weighted by atomic mass is 10.1. The Kier molecular flexibility index (Phi) is 4.94. The molecule has 0 bridgehead atoms. The third kappa shape index (κ3) is 3.65. The van der Waals surface area contributed by atoms with Gasteiger partial charge in [0.2, 0.25) is 11.8 Å². The summed E-state index contributed by atoms with van der Waals surface area (Å²) in [7, 11) is 0. The molecule has 2 aromatic rings. The summed E-state index contributed by atoms with van der Waals surface area (Å²) in [6.07, 6.45) is 0.289. The quantitative estimate of drug-likeness (QED) is 0.920. The van der Waals surface area contributed by atoms with Crippen LogP contribution in [0.5, 0.6) is 0 Å². The molecule has 0 radical (unpaired) electrons. The molecule has 1 saturated heterocycles. The highest BCUT2D eigenvalue weighted by Crippen LogP contribution is 2.28. The number of hydrogen-bond donors (Lipinski definition) is 1. The smallest absolute Gasteiger partial charge is 0.225 e. The van der Waals surface area contributed by atoms with Crippen molar-refractivity contribution in [2.45, 2.75) is 25.9 Å². The van der Waals surface area contributed by atoms with E-state index in [1.807, 2.05) is 72.5 Å². The van der Waals surface area contributed by atoms with E-state index in [9.17, 15) is 9.59 Å². The molecule has 124 valence electrons. The average Bonchev–Trinajstić information content (AvgIpc) is 3.02. The van der Waals surface area contributed by atoms with Crippen molar-refractivity contribution in [3.8, 4) is 0 Å². The van der Waals surface area contributed by atoms with E-state index >= 15 is 0 Å². The SMILES string of the molecule is C[C@@H](c1ccccc1)N1C[C@H](C(=O)NCc2ccccc2)CC1=O. The standard InChI is InChI=1S/C20H22N2O2/c1-15(17-10-6-3-7-11-17)22-14-18(12-19(22)23)20(24)21-13-16-8-4-2-5-9-16/h2-11,15,18H,12-14H2,1H3,(H,21,24)/t15-,18+/m0/s1. The van der Waals surface area contributed by atoms with Crippen molar-refractivity contribution in [1.82, 2.24) is 10.2 Å². The summed E-state index contributed by atoms with van der Waals surface area (Å²) in [5.41, 5.74) is 2.15. The summed E-state index contributed by atoms with van der Waals surface area (Å²) in [5.74, 6) is -0.270. The first-order chi connectivity index (χ1) is 11.6. The van der Waals surface area contributed by atoms with E-state index in [1.165, 1.54) is 0 Å². The van der Waals surface area contributed by atoms with Crippen molar-refractivity contribution in [3.63, 3.8) is 0 Å². The predicted octanol–water partition coefficient (Wildman–Crippen LogP) is 2.91. The molecular formula is C20H22N2O2. The fourth-order valence-corrected chi connectivity index (χ4v) is 3.12. The van der Waals surface area contributed by atoms with Crippen LogP contribution in [-0.2, 0) is 16.1 Å². The van der Waals surface area contributed by atoms with Crippen LogP contribution in [0.2, 0.25) is 0 Å². The van der Waals surface area contributed by atoms with Crippen LogP contribution >= 0.6 is 0 Å². The van der Waals surface area contributed by atoms with Gasteiger partial charge in [-0.3, -0.25) is 9.59 Å². The van der Waals surface area contributed by atoms with Gasteiger partial charge in [-0.25, -0.2) is 0 Å². The van der Waals surface area contributed by atoms with Gasteiger partial charge >= 0.3 is 0 Å². The van der Waals surface area contributed by atoms with Gasteiger partial charge in [0.25, 0.3) is 0 Å². The summed E-state index contributed by atoms with van der Waals surface area (Å²) >= 11 is 0. The number of nitrogens with one attached hydrogen (secondary N) is 1. The first kappa shape index (κ1) is 16.2. The zero-order valence-corrected chi connectivity index (χ0v) is 13.8. The summed E-state index contributed by atoms with van der Waals surface area (Å²) in [6.45, 7) is 2.99. The minimum atomic E-state index is -0.271. The highest BCUT2D eigenvalue weighted by atomic mass is 16.2. The number of carbonyl (C=O) groups is 2. The maximum Gasteiger partial charge on any atom is 0.225 e. The Balaban J connectivity index is 1.59. The van der Waals surface area contributed by atoms with Gasteiger partial charge in [0, 0.05) is 19.5 Å². The third-order valence-corrected chi connectivity index (χ3v) is 4.59. The second-order valence-electron chi connectivity index (χ2n) is 6.24. The molecule has 1 N–H and O–H groups in total. The largest absolute Gasteiger partial charge is 0.352 e. The summed E-state index contributed by atoms with van der Waals surface area (Å²) < 4.78 is 0. The second-order valence-corrected chi connectivity index (χ2v) is 6.24. The van der Waals surface area contributed by atoms with Crippen LogP contribution in [0.15, 0.2) is 60.7 Å². The molecule has 1 aliphatic rings. The van der Waals surface area contributed by atoms with Gasteiger partial charge in [-0.05, 0) is 18.1 Å². The van der Waals surface area contributed by atoms with Crippen LogP contribution in [0, 0.1) is 5.92 Å². The molecule has 0 aromatic heterocycles. The van der Waals surface area contributed by atoms with Crippen molar-refractivity contribution in [1.29, 1.82) is 0 Å². The summed E-state index contributed by atoms with van der Waals surface area (Å²) in [4.78, 5) is 26.5. The maximum atomic E-state index is 12.4. The van der Waals surface area contributed by atoms with Gasteiger partial charge in [-0.1, -0.05) is 60.7 Å². The molecule has 0 spiro atoms. The van der Waals surface area contributed by atoms with E-state index in [0.29, 0.717) is 13.1 Å². The minimum Gasteiger partial charge on any atom is -0.352 e. The predicted molar refractivity (Wildman–Crippen MR) is 93.0 cm³/mol. The summed E-state index contributed by atoms with van der Waals surface area (Å²) in [6, 6.07) is 19.7. The molecule has 4 nitrogen and oxygen atoms in total. The molecule has 0 aliphatic carbocycles. The van der Waals surface area contributed by atoms with Crippen molar-refractivity contribution >= 4 is 11.8 Å². The van der Waals surface area contributed by atoms with E-state index in [4.69, 9.17) is 0 Å². The number of benzene rings is 2. The lowest BCUT2D eigenvalue weighted by Gasteiger charge is -2.25. The van der Waals surface area contributed by atoms with Crippen LogP contribution in [0.3, 0.4) is 0 Å². The Morgan fingerprint density at radius 2 is 1.75 bits per heavy atom. The van der Waals surface area contributed by atoms with Crippen LogP contribution in [0.25, 0.3) is 0 Å². The number of likely N-dealkylation sites (tertiary alicyclic amines) is 1. The van der Waals surface area contributed by atoms with E-state index in [0.717, 1.165) is 11.1 Å². The van der Waals surface area contributed by atoms with E-state index < -0.39 is 0 Å². The van der Waals surface area contributed by atoms with Crippen molar-refractivity contribution in [2.24, 2.45) is 5.92 Å². The van der Waals surface area contributed by atoms with Gasteiger partial charge in [0.1, 0.15) is 0 Å². The Bertz CT molecular complexity index is 700. The highest BCUT2D eigenvalue weighted by Gasteiger charge is 2.36. The number of nitrogens with zero attached hydrogens (tertiary/aromatic N) is 1. The topological polar surface area (TPSA) is 49.4 Å². The first-order valence-corrected chi connectivity index (χ1v) is 8.31. The Labute approximate surface area is 142 Å². The van der Waals surface area contributed by atoms with Crippen LogP contribution < -0.4 is 5.32 Å². The molecule has 1 aliphatic heterocycles. The number of rotatable bonds is 5. The highest BCUT2D eigenvalue weighted by molar-refractivity contribution is 5.89. The Morgan fingerprint density at radius 1 is 1.12 bits per heavy atom. The van der Waals surface area contributed by atoms with Gasteiger partial charge in [0.05, 0.1) is 12.0 Å². The van der Waals surface area contributed by atoms with Crippen LogP contribution in [0.1, 0.15) is 30.5 Å². The molecule has 0 unspecified atom stereocenters. The molecule has 1 fully saturated rings. The number of hydrogen-bond acceptors (Lipinski definition) is 2. The Hall–Kier alpha value is -2.62. The first-order valence-electron chi connectivity index (χ1n) is 8.31. The third-order valence-electron chi connectivity index (χ3n) is 4.59. The van der Waals surface area contributed by atoms with Gasteiger partial charge < -0.3 is 10.2 Å². The molecular weight excluding hydrogens is 300 g/mol. The molecule has 3 rings (SSSR count). The molecule has 1 heterocycles. The maximum absolute atomic E-state index is 12.4. The van der Waals surface area contributed by atoms with Crippen LogP contribution in [-0.4, -0.2) is 23.3 Å². The van der Waals surface area contributed by atoms with Gasteiger partial charge in [-0.2, -0.15) is 0 Å². The molecule has 0 saturated carbocycles. The van der Waals surface area contributed by atoms with Crippen molar-refractivity contribution in [2.75, 3.05) is 6.54 Å². The summed E-state index contributed by atoms with van der Waals surface area (Å²) in [5, 5.41) is 2.94. The molecule has 24 heavy (non-hydrogen) atoms. The second kappa shape index (κ2) is 7.30. The Morgan fingerprint density at radius 3 is 2.42 bits per heavy atom. The average molecular weight is 322 g/mol. The molecule has 2 amide bonds. The number of amides is 2. The monoisotopic (exact) mass is 322 g/mol. The molecule has 2 aromatic carbocycles. The number of carbonyl (C=O) groups excluding carboxylic acids is 2. The minimum absolute atomic E-state index is 0.00868. The lowest BCUT2D eigenvalue weighted by Crippen LogP contribution is -2.33. The fourth-order valence-electron chi connectivity index (χ4n) is 3.12. The lowest BCUT2D eigenvalue weighted by molar-refractivity contribution is -0.130. The van der Waals surface area contributed by atoms with Crippen molar-refractivity contribution in [3.05, 3.63) is 71.8 Å². The van der Waals surface area contributed by atoms with Gasteiger partial charge in [-0.15, -0.1) is 0 Å². The van der Waals surface area contributed by atoms with Crippen molar-refractivity contribution < 1.29 is 9.59 Å². The van der Waals surface area contributed by atoms with Gasteiger partial charge in [0.15, 0.2) is 0 Å². The molecule has 2 atom stereocenters. The van der Waals surface area contributed by atoms with E-state index in [1.54, 1.807) is 0 Å². The normalized spacial score (nSPS) is 18.5.